The first kappa shape index (κ1) is 6.21. The zero-order chi connectivity index (χ0) is 6.85. The quantitative estimate of drug-likeness (QED) is 0.590. The van der Waals surface area contributed by atoms with Crippen molar-refractivity contribution in [2.75, 3.05) is 11.5 Å². The Labute approximate surface area is 59.6 Å². The van der Waals surface area contributed by atoms with E-state index in [-0.39, 0.29) is 11.9 Å². The van der Waals surface area contributed by atoms with E-state index in [0.29, 0.717) is 4.73 Å². The second-order valence-corrected chi connectivity index (χ2v) is 2.03. The summed E-state index contributed by atoms with van der Waals surface area (Å²) < 4.78 is 0.354. The molecule has 4 N–H and O–H groups in total. The first-order valence-electron chi connectivity index (χ1n) is 2.11. The highest BCUT2D eigenvalue weighted by atomic mass is 79.9. The Morgan fingerprint density at radius 2 is 1.44 bits per heavy atom. The number of halogens is 1. The third-order valence-corrected chi connectivity index (χ3v) is 0.997. The van der Waals surface area contributed by atoms with Crippen LogP contribution in [0.25, 0.3) is 0 Å². The molecule has 0 aliphatic carbocycles. The maximum absolute atomic E-state index is 5.19. The molecule has 1 aromatic heterocycles. The van der Waals surface area contributed by atoms with Gasteiger partial charge in [0.05, 0.1) is 0 Å². The van der Waals surface area contributed by atoms with Crippen LogP contribution in [0.1, 0.15) is 0 Å². The van der Waals surface area contributed by atoms with Crippen LogP contribution in [0, 0.1) is 0 Å². The van der Waals surface area contributed by atoms with E-state index in [1.54, 1.807) is 0 Å². The third kappa shape index (κ3) is 1.49. The van der Waals surface area contributed by atoms with Crippen LogP contribution in [0.5, 0.6) is 0 Å². The molecule has 1 rings (SSSR count). The number of nitrogen functional groups attached to an aromatic ring is 2. The summed E-state index contributed by atoms with van der Waals surface area (Å²) in [4.78, 5) is 10.8. The van der Waals surface area contributed by atoms with Crippen LogP contribution in [0.3, 0.4) is 0 Å². The summed E-state index contributed by atoms with van der Waals surface area (Å²) >= 11 is 2.99. The summed E-state index contributed by atoms with van der Waals surface area (Å²) in [5, 5.41) is 0. The molecule has 1 heterocycles. The van der Waals surface area contributed by atoms with Gasteiger partial charge in [0.2, 0.25) is 16.6 Å². The Kier molecular flexibility index (Phi) is 1.48. The summed E-state index contributed by atoms with van der Waals surface area (Å²) in [6.45, 7) is 0. The van der Waals surface area contributed by atoms with Crippen LogP contribution in [-0.4, -0.2) is 15.0 Å². The van der Waals surface area contributed by atoms with Crippen molar-refractivity contribution in [1.29, 1.82) is 0 Å². The molecular weight excluding hydrogens is 186 g/mol. The SMILES string of the molecule is Nc1nc(N)nc(Br)n1. The molecule has 0 atom stereocenters. The molecule has 0 aromatic carbocycles. The van der Waals surface area contributed by atoms with Crippen molar-refractivity contribution < 1.29 is 0 Å². The molecule has 0 saturated carbocycles. The summed E-state index contributed by atoms with van der Waals surface area (Å²) in [6, 6.07) is 0. The van der Waals surface area contributed by atoms with E-state index < -0.39 is 0 Å². The normalized spacial score (nSPS) is 9.44. The summed E-state index contributed by atoms with van der Waals surface area (Å²) in [7, 11) is 0. The fraction of sp³-hybridized carbons (Fsp3) is 0. The lowest BCUT2D eigenvalue weighted by atomic mass is 10.9. The minimum Gasteiger partial charge on any atom is -0.368 e. The number of rotatable bonds is 0. The average Bonchev–Trinajstić information content (AvgIpc) is 1.59. The van der Waals surface area contributed by atoms with Gasteiger partial charge in [-0.1, -0.05) is 0 Å². The molecular formula is C3H4BrN5. The number of hydrogen-bond acceptors (Lipinski definition) is 5. The first-order valence-corrected chi connectivity index (χ1v) is 2.90. The molecule has 0 aliphatic rings. The van der Waals surface area contributed by atoms with Crippen molar-refractivity contribution in [3.05, 3.63) is 4.73 Å². The van der Waals surface area contributed by atoms with Crippen molar-refractivity contribution in [2.24, 2.45) is 0 Å². The monoisotopic (exact) mass is 189 g/mol. The van der Waals surface area contributed by atoms with Gasteiger partial charge >= 0.3 is 0 Å². The minimum absolute atomic E-state index is 0.120. The molecule has 0 aliphatic heterocycles. The topological polar surface area (TPSA) is 90.7 Å². The fourth-order valence-electron chi connectivity index (χ4n) is 0.381. The van der Waals surface area contributed by atoms with Gasteiger partial charge in [-0.2, -0.15) is 15.0 Å². The molecule has 48 valence electrons. The van der Waals surface area contributed by atoms with E-state index in [1.807, 2.05) is 0 Å². The molecule has 1 aromatic rings. The van der Waals surface area contributed by atoms with E-state index in [0.717, 1.165) is 0 Å². The van der Waals surface area contributed by atoms with E-state index >= 15 is 0 Å². The smallest absolute Gasteiger partial charge is 0.225 e. The maximum atomic E-state index is 5.19. The Bertz CT molecular complexity index is 173. The van der Waals surface area contributed by atoms with Crippen LogP contribution < -0.4 is 11.5 Å². The highest BCUT2D eigenvalue weighted by molar-refractivity contribution is 9.10. The van der Waals surface area contributed by atoms with Crippen molar-refractivity contribution in [2.45, 2.75) is 0 Å². The highest BCUT2D eigenvalue weighted by Gasteiger charge is 1.94. The van der Waals surface area contributed by atoms with E-state index in [2.05, 4.69) is 30.9 Å². The maximum Gasteiger partial charge on any atom is 0.225 e. The minimum atomic E-state index is 0.120. The van der Waals surface area contributed by atoms with E-state index in [4.69, 9.17) is 11.5 Å². The van der Waals surface area contributed by atoms with E-state index in [1.165, 1.54) is 0 Å². The predicted molar refractivity (Wildman–Crippen MR) is 36.4 cm³/mol. The molecule has 0 amide bonds. The zero-order valence-electron chi connectivity index (χ0n) is 4.37. The molecule has 0 unspecified atom stereocenters. The van der Waals surface area contributed by atoms with Crippen molar-refractivity contribution in [3.8, 4) is 0 Å². The standard InChI is InChI=1S/C3H4BrN5/c4-1-7-2(5)9-3(6)8-1/h(H4,5,6,7,8,9). The summed E-state index contributed by atoms with van der Waals surface area (Å²) in [5.41, 5.74) is 10.4. The van der Waals surface area contributed by atoms with Crippen LogP contribution in [0.15, 0.2) is 4.73 Å². The number of aromatic nitrogens is 3. The molecule has 0 fully saturated rings. The molecule has 0 radical (unpaired) electrons. The lowest BCUT2D eigenvalue weighted by Gasteiger charge is -1.92. The Hall–Kier alpha value is -0.910. The summed E-state index contributed by atoms with van der Waals surface area (Å²) in [6.07, 6.45) is 0. The molecule has 0 spiro atoms. The van der Waals surface area contributed by atoms with Gasteiger partial charge < -0.3 is 11.5 Å². The Balaban J connectivity index is 3.17. The number of hydrogen-bond donors (Lipinski definition) is 2. The van der Waals surface area contributed by atoms with Crippen LogP contribution >= 0.6 is 15.9 Å². The molecule has 0 bridgehead atoms. The van der Waals surface area contributed by atoms with Gasteiger partial charge in [0.15, 0.2) is 0 Å². The van der Waals surface area contributed by atoms with E-state index in [9.17, 15) is 0 Å². The van der Waals surface area contributed by atoms with Crippen molar-refractivity contribution in [1.82, 2.24) is 15.0 Å². The number of nitrogens with zero attached hydrogens (tertiary/aromatic N) is 3. The van der Waals surface area contributed by atoms with Gasteiger partial charge in [-0.3, -0.25) is 0 Å². The largest absolute Gasteiger partial charge is 0.368 e. The molecule has 6 heteroatoms. The highest BCUT2D eigenvalue weighted by Crippen LogP contribution is 2.03. The van der Waals surface area contributed by atoms with Gasteiger partial charge in [-0.05, 0) is 15.9 Å². The number of anilines is 2. The second-order valence-electron chi connectivity index (χ2n) is 1.32. The zero-order valence-corrected chi connectivity index (χ0v) is 5.96. The molecule has 9 heavy (non-hydrogen) atoms. The van der Waals surface area contributed by atoms with Gasteiger partial charge in [0, 0.05) is 0 Å². The average molecular weight is 190 g/mol. The Morgan fingerprint density at radius 1 is 1.00 bits per heavy atom. The number of nitrogens with two attached hydrogens (primary N) is 2. The second kappa shape index (κ2) is 2.14. The van der Waals surface area contributed by atoms with Gasteiger partial charge in [-0.25, -0.2) is 0 Å². The van der Waals surface area contributed by atoms with Crippen LogP contribution in [0.2, 0.25) is 0 Å². The predicted octanol–water partition coefficient (Wildman–Crippen LogP) is -0.202. The molecule has 5 nitrogen and oxygen atoms in total. The third-order valence-electron chi connectivity index (χ3n) is 0.643. The van der Waals surface area contributed by atoms with Crippen molar-refractivity contribution >= 4 is 27.8 Å². The lowest BCUT2D eigenvalue weighted by molar-refractivity contribution is 1.04. The Morgan fingerprint density at radius 3 is 1.78 bits per heavy atom. The van der Waals surface area contributed by atoms with Gasteiger partial charge in [-0.15, -0.1) is 0 Å². The van der Waals surface area contributed by atoms with Crippen LogP contribution in [-0.2, 0) is 0 Å². The van der Waals surface area contributed by atoms with Crippen molar-refractivity contribution in [3.63, 3.8) is 0 Å². The van der Waals surface area contributed by atoms with Gasteiger partial charge in [0.25, 0.3) is 0 Å². The first-order chi connectivity index (χ1) is 4.18. The molecule has 0 saturated heterocycles. The van der Waals surface area contributed by atoms with Gasteiger partial charge in [0.1, 0.15) is 0 Å². The summed E-state index contributed by atoms with van der Waals surface area (Å²) in [5.74, 6) is 0.240. The lowest BCUT2D eigenvalue weighted by Crippen LogP contribution is -2.02. The fourth-order valence-corrected chi connectivity index (χ4v) is 0.745. The van der Waals surface area contributed by atoms with Crippen LogP contribution in [0.4, 0.5) is 11.9 Å².